The fourth-order valence-electron chi connectivity index (χ4n) is 14.4. The maximum Gasteiger partial charge on any atom is 0.343 e. The number of carbonyl (C=O) groups excluding carboxylic acids is 7. The van der Waals surface area contributed by atoms with Crippen LogP contribution in [0.25, 0.3) is 0 Å². The first-order chi connectivity index (χ1) is 36.9. The molecule has 0 unspecified atom stereocenters. The summed E-state index contributed by atoms with van der Waals surface area (Å²) in [6.07, 6.45) is 0.0143. The monoisotopic (exact) mass is 1060 g/mol. The Kier molecular flexibility index (Phi) is 12.4. The van der Waals surface area contributed by atoms with Gasteiger partial charge in [-0.05, 0) is 106 Å². The minimum absolute atomic E-state index is 0.0687. The van der Waals surface area contributed by atoms with Crippen LogP contribution in [0, 0.1) is 11.8 Å². The molecule has 12 rings (SSSR count). The number of rotatable bonds is 11. The van der Waals surface area contributed by atoms with Crippen molar-refractivity contribution < 1.29 is 85.7 Å². The zero-order valence-electron chi connectivity index (χ0n) is 43.4. The summed E-state index contributed by atoms with van der Waals surface area (Å²) in [6, 6.07) is 13.6. The Bertz CT molecular complexity index is 3080. The van der Waals surface area contributed by atoms with Gasteiger partial charge >= 0.3 is 41.8 Å². The van der Waals surface area contributed by atoms with Crippen LogP contribution in [0.3, 0.4) is 0 Å². The van der Waals surface area contributed by atoms with E-state index in [2.05, 4.69) is 36.0 Å². The number of carbonyl (C=O) groups is 7. The number of benzene rings is 3. The summed E-state index contributed by atoms with van der Waals surface area (Å²) in [4.78, 5) is 95.9. The largest absolute Gasteiger partial charge is 0.482 e. The van der Waals surface area contributed by atoms with Gasteiger partial charge in [0, 0.05) is 73.6 Å². The Balaban J connectivity index is 0.803. The molecule has 20 heteroatoms. The Morgan fingerprint density at radius 3 is 1.49 bits per heavy atom. The highest BCUT2D eigenvalue weighted by Gasteiger charge is 2.67. The van der Waals surface area contributed by atoms with E-state index in [1.54, 1.807) is 12.1 Å². The minimum atomic E-state index is -1.67. The predicted octanol–water partition coefficient (Wildman–Crippen LogP) is 4.02. The Morgan fingerprint density at radius 2 is 1.01 bits per heavy atom. The van der Waals surface area contributed by atoms with Gasteiger partial charge in [-0.25, -0.2) is 14.4 Å². The van der Waals surface area contributed by atoms with Gasteiger partial charge in [0.25, 0.3) is 0 Å². The third-order valence-corrected chi connectivity index (χ3v) is 17.4. The van der Waals surface area contributed by atoms with E-state index in [4.69, 9.17) is 52.1 Å². The summed E-state index contributed by atoms with van der Waals surface area (Å²) in [5, 5.41) is 0. The molecule has 20 nitrogen and oxygen atoms in total. The molecule has 5 aliphatic heterocycles. The van der Waals surface area contributed by atoms with E-state index in [0.29, 0.717) is 30.9 Å². The van der Waals surface area contributed by atoms with Gasteiger partial charge in [-0.15, -0.1) is 0 Å². The predicted molar refractivity (Wildman–Crippen MR) is 264 cm³/mol. The number of methoxy groups -OCH3 is 1. The van der Waals surface area contributed by atoms with Gasteiger partial charge in [-0.3, -0.25) is 19.2 Å². The number of hydrogen-bond donors (Lipinski definition) is 0. The lowest BCUT2D eigenvalue weighted by molar-refractivity contribution is -0.313. The molecule has 0 radical (unpaired) electrons. The molecule has 4 bridgehead atoms. The maximum absolute atomic E-state index is 14.1. The van der Waals surface area contributed by atoms with Crippen LogP contribution < -0.4 is 18.9 Å². The van der Waals surface area contributed by atoms with Crippen LogP contribution in [0.5, 0.6) is 23.0 Å². The van der Waals surface area contributed by atoms with Gasteiger partial charge in [-0.2, -0.15) is 0 Å². The molecule has 0 amide bonds. The number of hydrogen-bond acceptors (Lipinski definition) is 20. The van der Waals surface area contributed by atoms with Crippen LogP contribution in [0.1, 0.15) is 83.5 Å². The highest BCUT2D eigenvalue weighted by molar-refractivity contribution is 5.95. The number of piperidine rings is 2. The normalized spacial score (nSPS) is 34.2. The van der Waals surface area contributed by atoms with Crippen LogP contribution in [-0.4, -0.2) is 153 Å². The molecule has 4 aliphatic carbocycles. The zero-order valence-corrected chi connectivity index (χ0v) is 43.4. The molecular formula is C57H58N2O18. The Hall–Kier alpha value is -7.13. The first-order valence-corrected chi connectivity index (χ1v) is 26.0. The fourth-order valence-corrected chi connectivity index (χ4v) is 14.4. The molecule has 3 aromatic carbocycles. The molecule has 0 aromatic heterocycles. The fraction of sp³-hybridized carbons (Fsp3) is 0.491. The quantitative estimate of drug-likeness (QED) is 0.114. The molecule has 2 spiro atoms. The molecule has 3 fully saturated rings. The molecule has 404 valence electrons. The van der Waals surface area contributed by atoms with Crippen molar-refractivity contribution >= 4 is 41.8 Å². The smallest absolute Gasteiger partial charge is 0.343 e. The zero-order chi connectivity index (χ0) is 54.0. The van der Waals surface area contributed by atoms with Crippen molar-refractivity contribution in [3.05, 3.63) is 106 Å². The van der Waals surface area contributed by atoms with Crippen LogP contribution >= 0.6 is 0 Å². The van der Waals surface area contributed by atoms with Crippen molar-refractivity contribution in [2.45, 2.75) is 131 Å². The number of likely N-dealkylation sites (N-methyl/N-ethyl adjacent to an activating group) is 2. The van der Waals surface area contributed by atoms with Crippen molar-refractivity contribution in [1.82, 2.24) is 9.80 Å². The number of likely N-dealkylation sites (tertiary alicyclic amines) is 2. The standard InChI is InChI=1S/C57H58N2O18/c1-26(60)68-40-18-14-34-36-24-32-12-16-38(44-42(32)56(34,50(40)75-44)20-22-58(36)5)72-52(64)30-8-10-31(11-9-30)53(65)73-39-17-13-33-25-37-35-15-19-41(51-57(35,21-23-59(37)6)43(33)45(39)76-51)74-55-49(71-29(4)63)47(70-28(3)62)46(69-27(2)61)48(77-55)54(66)67-7/h8-19,34-37,40-41,46-51,55H,20-25H2,1-7H3/t34-,35-,36+,37+,40-,41-,46+,47+,48+,49-,50-,51-,55-,56-,57-/m0/s1. The second-order valence-corrected chi connectivity index (χ2v) is 21.5. The summed E-state index contributed by atoms with van der Waals surface area (Å²) in [7, 11) is 5.32. The molecule has 77 heavy (non-hydrogen) atoms. The average molecular weight is 1060 g/mol. The highest BCUT2D eigenvalue weighted by atomic mass is 16.7. The van der Waals surface area contributed by atoms with Gasteiger partial charge < -0.3 is 61.9 Å². The first kappa shape index (κ1) is 50.7. The van der Waals surface area contributed by atoms with Gasteiger partial charge in [0.15, 0.2) is 53.5 Å². The van der Waals surface area contributed by atoms with Gasteiger partial charge in [0.05, 0.1) is 18.2 Å². The molecule has 0 N–H and O–H groups in total. The molecule has 15 atom stereocenters. The first-order valence-electron chi connectivity index (χ1n) is 26.0. The van der Waals surface area contributed by atoms with Crippen molar-refractivity contribution in [3.63, 3.8) is 0 Å². The van der Waals surface area contributed by atoms with Gasteiger partial charge in [0.2, 0.25) is 6.29 Å². The third kappa shape index (κ3) is 7.95. The third-order valence-electron chi connectivity index (χ3n) is 17.4. The van der Waals surface area contributed by atoms with Crippen molar-refractivity contribution in [3.8, 4) is 23.0 Å². The van der Waals surface area contributed by atoms with E-state index >= 15 is 0 Å². The number of esters is 7. The SMILES string of the molecule is COC(=O)[C@@H]1O[C@H](O[C@H]2C=C[C@H]3[C@H]4Cc5ccc(OC(=O)c6ccc(C(=O)Oc7ccc8c9c7O[C@H]7[C@@H](OC(C)=O)C=C[C@H]%10[C@@H](C8)N(C)CC[C@@]9%107)cc6)c6c5[C@@]3(CCN4C)[C@H]2O6)[C@@H](OC(C)=O)[C@H](OC(C)=O)[C@H]1OC(C)=O. The molecule has 3 aromatic rings. The van der Waals surface area contributed by atoms with Crippen LogP contribution in [-0.2, 0) is 80.8 Å². The topological polar surface area (TPSA) is 227 Å². The minimum Gasteiger partial charge on any atom is -0.482 e. The Labute approximate surface area is 442 Å². The lowest BCUT2D eigenvalue weighted by Crippen LogP contribution is -2.67. The van der Waals surface area contributed by atoms with Crippen molar-refractivity contribution in [2.24, 2.45) is 11.8 Å². The number of nitrogens with zero attached hydrogens (tertiary/aromatic N) is 2. The van der Waals surface area contributed by atoms with E-state index in [1.165, 1.54) is 31.2 Å². The molecule has 3 saturated heterocycles. The second kappa shape index (κ2) is 18.8. The van der Waals surface area contributed by atoms with Crippen molar-refractivity contribution in [2.75, 3.05) is 34.3 Å². The summed E-state index contributed by atoms with van der Waals surface area (Å²) in [6.45, 7) is 6.24. The van der Waals surface area contributed by atoms with Gasteiger partial charge in [0.1, 0.15) is 18.3 Å². The molecule has 9 aliphatic rings. The molecular weight excluding hydrogens is 1000 g/mol. The van der Waals surface area contributed by atoms with E-state index in [9.17, 15) is 33.6 Å². The second-order valence-electron chi connectivity index (χ2n) is 21.5. The summed E-state index contributed by atoms with van der Waals surface area (Å²) >= 11 is 0. The van der Waals surface area contributed by atoms with E-state index in [0.717, 1.165) is 69.5 Å². The van der Waals surface area contributed by atoms with E-state index < -0.39 is 108 Å². The Morgan fingerprint density at radius 1 is 0.558 bits per heavy atom. The average Bonchev–Trinajstić information content (AvgIpc) is 3.87. The summed E-state index contributed by atoms with van der Waals surface area (Å²) in [5.41, 5.74) is 3.13. The lowest BCUT2D eigenvalue weighted by atomic mass is 9.53. The maximum atomic E-state index is 14.1. The highest BCUT2D eigenvalue weighted by Crippen LogP contribution is 2.65. The van der Waals surface area contributed by atoms with Crippen LogP contribution in [0.15, 0.2) is 72.8 Å². The molecule has 0 saturated carbocycles. The van der Waals surface area contributed by atoms with E-state index in [1.807, 2.05) is 24.3 Å². The van der Waals surface area contributed by atoms with Crippen LogP contribution in [0.4, 0.5) is 0 Å². The molecule has 5 heterocycles. The summed E-state index contributed by atoms with van der Waals surface area (Å²) < 4.78 is 66.4. The van der Waals surface area contributed by atoms with Crippen LogP contribution in [0.2, 0.25) is 0 Å². The van der Waals surface area contributed by atoms with E-state index in [-0.39, 0.29) is 46.5 Å². The lowest BCUT2D eigenvalue weighted by Gasteiger charge is -2.57. The summed E-state index contributed by atoms with van der Waals surface area (Å²) in [5.74, 6) is -3.96. The number of ether oxygens (including phenoxy) is 11. The van der Waals surface area contributed by atoms with Crippen molar-refractivity contribution in [1.29, 1.82) is 0 Å². The van der Waals surface area contributed by atoms with Gasteiger partial charge in [-0.1, -0.05) is 30.4 Å².